The third-order valence-electron chi connectivity index (χ3n) is 10.4. The smallest absolute Gasteiger partial charge is 0.164 e. The van der Waals surface area contributed by atoms with Crippen molar-refractivity contribution in [2.24, 2.45) is 0 Å². The molecule has 0 bridgehead atoms. The molecular formula is C52H35N3O. The van der Waals surface area contributed by atoms with Gasteiger partial charge in [0.05, 0.1) is 0 Å². The van der Waals surface area contributed by atoms with Crippen molar-refractivity contribution in [2.75, 3.05) is 0 Å². The second-order valence-electron chi connectivity index (χ2n) is 14.1. The number of furan rings is 1. The number of benzene rings is 8. The molecule has 0 aliphatic heterocycles. The molecule has 8 aromatic carbocycles. The van der Waals surface area contributed by atoms with Crippen LogP contribution in [0.25, 0.3) is 101 Å². The predicted octanol–water partition coefficient (Wildman–Crippen LogP) is 13.7. The van der Waals surface area contributed by atoms with E-state index in [-0.39, 0.29) is 0 Å². The van der Waals surface area contributed by atoms with Gasteiger partial charge in [-0.3, -0.25) is 0 Å². The van der Waals surface area contributed by atoms with Gasteiger partial charge in [0, 0.05) is 33.0 Å². The number of hydrogen-bond donors (Lipinski definition) is 0. The van der Waals surface area contributed by atoms with Crippen molar-refractivity contribution >= 4 is 21.9 Å². The van der Waals surface area contributed by atoms with Gasteiger partial charge >= 0.3 is 0 Å². The summed E-state index contributed by atoms with van der Waals surface area (Å²) in [5.41, 5.74) is 14.5. The molecule has 0 fully saturated rings. The number of aromatic nitrogens is 3. The maximum absolute atomic E-state index is 6.91. The van der Waals surface area contributed by atoms with E-state index in [9.17, 15) is 0 Å². The van der Waals surface area contributed by atoms with E-state index in [1.165, 1.54) is 16.7 Å². The van der Waals surface area contributed by atoms with Gasteiger partial charge in [0.25, 0.3) is 0 Å². The van der Waals surface area contributed by atoms with Gasteiger partial charge < -0.3 is 4.42 Å². The van der Waals surface area contributed by atoms with E-state index in [0.29, 0.717) is 17.5 Å². The van der Waals surface area contributed by atoms with Crippen molar-refractivity contribution in [3.63, 3.8) is 0 Å². The third kappa shape index (κ3) is 6.23. The normalized spacial score (nSPS) is 11.3. The van der Waals surface area contributed by atoms with E-state index in [0.717, 1.165) is 72.0 Å². The maximum atomic E-state index is 6.91. The number of hydrogen-bond acceptors (Lipinski definition) is 4. The molecule has 0 unspecified atom stereocenters. The van der Waals surface area contributed by atoms with Crippen LogP contribution in [0.4, 0.5) is 0 Å². The summed E-state index contributed by atoms with van der Waals surface area (Å²) in [5, 5.41) is 2.11. The van der Waals surface area contributed by atoms with Gasteiger partial charge in [0.2, 0.25) is 0 Å². The van der Waals surface area contributed by atoms with E-state index in [2.05, 4.69) is 165 Å². The zero-order valence-corrected chi connectivity index (χ0v) is 30.7. The van der Waals surface area contributed by atoms with Crippen LogP contribution >= 0.6 is 0 Å². The molecule has 56 heavy (non-hydrogen) atoms. The Bertz CT molecular complexity index is 3010. The van der Waals surface area contributed by atoms with Gasteiger partial charge in [-0.05, 0) is 76.2 Å². The minimum Gasteiger partial charge on any atom is -0.455 e. The lowest BCUT2D eigenvalue weighted by Gasteiger charge is -2.10. The standard InChI is InChI=1S/C52H35N3O/c1-34-23-25-36(26-24-34)40-20-12-22-42(32-40)51-53-50(38-17-9-4-10-18-38)54-52(55-51)43-27-28-46-47(33-43)56-49-45(37-15-7-3-8-16-37)30-29-44(48(46)49)41-21-11-19-39(31-41)35-13-5-2-6-14-35/h2-33H,1H3. The molecule has 0 saturated heterocycles. The molecule has 2 heterocycles. The molecule has 0 saturated carbocycles. The summed E-state index contributed by atoms with van der Waals surface area (Å²) < 4.78 is 6.91. The Balaban J connectivity index is 1.15. The molecule has 0 N–H and O–H groups in total. The number of aryl methyl sites for hydroxylation is 1. The highest BCUT2D eigenvalue weighted by Crippen LogP contribution is 2.43. The minimum absolute atomic E-state index is 0.580. The summed E-state index contributed by atoms with van der Waals surface area (Å²) in [7, 11) is 0. The Morgan fingerprint density at radius 1 is 0.339 bits per heavy atom. The minimum atomic E-state index is 0.580. The first-order chi connectivity index (χ1) is 27.6. The Morgan fingerprint density at radius 2 is 0.804 bits per heavy atom. The summed E-state index contributed by atoms with van der Waals surface area (Å²) in [6.07, 6.45) is 0. The maximum Gasteiger partial charge on any atom is 0.164 e. The molecule has 10 aromatic rings. The molecule has 4 nitrogen and oxygen atoms in total. The van der Waals surface area contributed by atoms with Crippen LogP contribution in [0.5, 0.6) is 0 Å². The summed E-state index contributed by atoms with van der Waals surface area (Å²) in [5.74, 6) is 1.80. The fourth-order valence-electron chi connectivity index (χ4n) is 7.54. The highest BCUT2D eigenvalue weighted by molar-refractivity contribution is 6.16. The van der Waals surface area contributed by atoms with Crippen LogP contribution in [0.3, 0.4) is 0 Å². The molecule has 10 rings (SSSR count). The first-order valence-electron chi connectivity index (χ1n) is 18.8. The van der Waals surface area contributed by atoms with Crippen molar-refractivity contribution in [1.29, 1.82) is 0 Å². The summed E-state index contributed by atoms with van der Waals surface area (Å²) in [6, 6.07) is 67.5. The molecular weight excluding hydrogens is 683 g/mol. The lowest BCUT2D eigenvalue weighted by Crippen LogP contribution is -2.00. The Kier molecular flexibility index (Phi) is 8.34. The molecule has 2 aromatic heterocycles. The van der Waals surface area contributed by atoms with E-state index in [1.807, 2.05) is 36.4 Å². The lowest BCUT2D eigenvalue weighted by molar-refractivity contribution is 0.670. The van der Waals surface area contributed by atoms with E-state index in [1.54, 1.807) is 0 Å². The molecule has 4 heteroatoms. The first kappa shape index (κ1) is 33.2. The van der Waals surface area contributed by atoms with Crippen molar-refractivity contribution in [3.05, 3.63) is 200 Å². The second-order valence-corrected chi connectivity index (χ2v) is 14.1. The van der Waals surface area contributed by atoms with Crippen LogP contribution in [0.2, 0.25) is 0 Å². The van der Waals surface area contributed by atoms with E-state index >= 15 is 0 Å². The average Bonchev–Trinajstić information content (AvgIpc) is 3.66. The fraction of sp³-hybridized carbons (Fsp3) is 0.0192. The van der Waals surface area contributed by atoms with E-state index < -0.39 is 0 Å². The quantitative estimate of drug-likeness (QED) is 0.165. The third-order valence-corrected chi connectivity index (χ3v) is 10.4. The van der Waals surface area contributed by atoms with Gasteiger partial charge in [-0.1, -0.05) is 169 Å². The van der Waals surface area contributed by atoms with Crippen molar-refractivity contribution in [3.8, 4) is 78.7 Å². The number of nitrogens with zero attached hydrogens (tertiary/aromatic N) is 3. The van der Waals surface area contributed by atoms with Gasteiger partial charge in [0.1, 0.15) is 11.2 Å². The molecule has 0 radical (unpaired) electrons. The van der Waals surface area contributed by atoms with Gasteiger partial charge in [-0.15, -0.1) is 0 Å². The summed E-state index contributed by atoms with van der Waals surface area (Å²) in [4.78, 5) is 15.2. The van der Waals surface area contributed by atoms with Gasteiger partial charge in [0.15, 0.2) is 17.5 Å². The van der Waals surface area contributed by atoms with Crippen LogP contribution in [0, 0.1) is 6.92 Å². The lowest BCUT2D eigenvalue weighted by atomic mass is 9.93. The second kappa shape index (κ2) is 14.1. The van der Waals surface area contributed by atoms with Crippen molar-refractivity contribution in [2.45, 2.75) is 6.92 Å². The summed E-state index contributed by atoms with van der Waals surface area (Å²) >= 11 is 0. The summed E-state index contributed by atoms with van der Waals surface area (Å²) in [6.45, 7) is 2.10. The highest BCUT2D eigenvalue weighted by Gasteiger charge is 2.20. The zero-order chi connectivity index (χ0) is 37.4. The molecule has 0 amide bonds. The average molecular weight is 718 g/mol. The molecule has 0 atom stereocenters. The fourth-order valence-corrected chi connectivity index (χ4v) is 7.54. The van der Waals surface area contributed by atoms with Crippen molar-refractivity contribution < 1.29 is 4.42 Å². The van der Waals surface area contributed by atoms with Crippen LogP contribution in [-0.2, 0) is 0 Å². The largest absolute Gasteiger partial charge is 0.455 e. The zero-order valence-electron chi connectivity index (χ0n) is 30.7. The first-order valence-corrected chi connectivity index (χ1v) is 18.8. The number of fused-ring (bicyclic) bond motifs is 3. The Morgan fingerprint density at radius 3 is 1.46 bits per heavy atom. The van der Waals surface area contributed by atoms with Gasteiger partial charge in [-0.2, -0.15) is 0 Å². The highest BCUT2D eigenvalue weighted by atomic mass is 16.3. The Hall–Kier alpha value is -7.43. The predicted molar refractivity (Wildman–Crippen MR) is 230 cm³/mol. The monoisotopic (exact) mass is 717 g/mol. The van der Waals surface area contributed by atoms with Crippen LogP contribution in [0.1, 0.15) is 5.56 Å². The molecule has 0 spiro atoms. The Labute approximate surface area is 325 Å². The molecule has 0 aliphatic rings. The number of rotatable bonds is 7. The molecule has 0 aliphatic carbocycles. The molecule has 264 valence electrons. The topological polar surface area (TPSA) is 51.8 Å². The van der Waals surface area contributed by atoms with Crippen molar-refractivity contribution in [1.82, 2.24) is 15.0 Å². The van der Waals surface area contributed by atoms with Crippen LogP contribution < -0.4 is 0 Å². The van der Waals surface area contributed by atoms with Crippen LogP contribution in [-0.4, -0.2) is 15.0 Å². The van der Waals surface area contributed by atoms with Crippen LogP contribution in [0.15, 0.2) is 199 Å². The SMILES string of the molecule is Cc1ccc(-c2cccc(-c3nc(-c4ccccc4)nc(-c4ccc5c(c4)oc4c(-c6ccccc6)ccc(-c6cccc(-c7ccccc7)c6)c45)n3)c2)cc1. The van der Waals surface area contributed by atoms with E-state index in [4.69, 9.17) is 19.4 Å². The van der Waals surface area contributed by atoms with Gasteiger partial charge in [-0.25, -0.2) is 15.0 Å².